The fourth-order valence-corrected chi connectivity index (χ4v) is 2.90. The minimum Gasteiger partial charge on any atom is -0.389 e. The summed E-state index contributed by atoms with van der Waals surface area (Å²) in [5, 5.41) is 9.88. The molecule has 0 saturated carbocycles. The zero-order valence-corrected chi connectivity index (χ0v) is 11.5. The van der Waals surface area contributed by atoms with Gasteiger partial charge in [-0.3, -0.25) is 14.5 Å². The first-order valence-corrected chi connectivity index (χ1v) is 6.89. The highest BCUT2D eigenvalue weighted by Gasteiger charge is 2.34. The number of hydrogen-bond donors (Lipinski definition) is 2. The lowest BCUT2D eigenvalue weighted by Gasteiger charge is -2.32. The van der Waals surface area contributed by atoms with Crippen LogP contribution in [0.1, 0.15) is 26.2 Å². The molecule has 2 aliphatic rings. The van der Waals surface area contributed by atoms with Gasteiger partial charge in [0.25, 0.3) is 0 Å². The van der Waals surface area contributed by atoms with Crippen molar-refractivity contribution in [1.82, 2.24) is 9.80 Å². The summed E-state index contributed by atoms with van der Waals surface area (Å²) in [7, 11) is 0. The van der Waals surface area contributed by atoms with E-state index in [2.05, 4.69) is 0 Å². The van der Waals surface area contributed by atoms with Crippen LogP contribution in [0.25, 0.3) is 0 Å². The third-order valence-electron chi connectivity index (χ3n) is 4.07. The number of primary amides is 1. The van der Waals surface area contributed by atoms with Crippen LogP contribution in [-0.4, -0.2) is 65.0 Å². The summed E-state index contributed by atoms with van der Waals surface area (Å²) in [6, 6.07) is 0. The van der Waals surface area contributed by atoms with Crippen molar-refractivity contribution in [2.45, 2.75) is 31.8 Å². The quantitative estimate of drug-likeness (QED) is 0.700. The molecule has 6 heteroatoms. The smallest absolute Gasteiger partial charge is 0.236 e. The molecule has 0 bridgehead atoms. The topological polar surface area (TPSA) is 86.9 Å². The highest BCUT2D eigenvalue weighted by molar-refractivity contribution is 5.81. The molecule has 0 spiro atoms. The second-order valence-electron chi connectivity index (χ2n) is 6.04. The molecule has 108 valence electrons. The van der Waals surface area contributed by atoms with Crippen molar-refractivity contribution in [2.24, 2.45) is 11.7 Å². The van der Waals surface area contributed by atoms with E-state index >= 15 is 0 Å². The van der Waals surface area contributed by atoms with Crippen LogP contribution in [0.5, 0.6) is 0 Å². The normalized spacial score (nSPS) is 32.5. The molecular formula is C13H23N3O3. The number of β-amino-alcohol motifs (C(OH)–C–C–N with tert-alkyl or cyclic N) is 1. The number of nitrogens with two attached hydrogens (primary N) is 1. The minimum absolute atomic E-state index is 0.0312. The summed E-state index contributed by atoms with van der Waals surface area (Å²) in [5.74, 6) is -0.496. The number of rotatable bonds is 3. The standard InChI is InChI=1S/C13H23N3O3/c1-13(19)4-6-15(9-13)8-11(17)16-5-2-3-10(7-16)12(14)18/h10,19H,2-9H2,1H3,(H2,14,18). The van der Waals surface area contributed by atoms with Crippen LogP contribution in [0.15, 0.2) is 0 Å². The van der Waals surface area contributed by atoms with Crippen LogP contribution in [0.3, 0.4) is 0 Å². The van der Waals surface area contributed by atoms with E-state index in [1.807, 2.05) is 4.90 Å². The first-order valence-electron chi connectivity index (χ1n) is 6.89. The Balaban J connectivity index is 1.85. The van der Waals surface area contributed by atoms with Crippen molar-refractivity contribution in [3.8, 4) is 0 Å². The maximum Gasteiger partial charge on any atom is 0.236 e. The van der Waals surface area contributed by atoms with E-state index in [-0.39, 0.29) is 17.7 Å². The van der Waals surface area contributed by atoms with E-state index in [0.717, 1.165) is 19.4 Å². The lowest BCUT2D eigenvalue weighted by atomic mass is 9.97. The highest BCUT2D eigenvalue weighted by atomic mass is 16.3. The molecule has 0 radical (unpaired) electrons. The van der Waals surface area contributed by atoms with Gasteiger partial charge in [0.05, 0.1) is 18.1 Å². The monoisotopic (exact) mass is 269 g/mol. The molecule has 2 fully saturated rings. The Hall–Kier alpha value is -1.14. The highest BCUT2D eigenvalue weighted by Crippen LogP contribution is 2.21. The summed E-state index contributed by atoms with van der Waals surface area (Å²) >= 11 is 0. The van der Waals surface area contributed by atoms with Crippen LogP contribution in [0.2, 0.25) is 0 Å². The van der Waals surface area contributed by atoms with E-state index < -0.39 is 5.60 Å². The van der Waals surface area contributed by atoms with Gasteiger partial charge in [0.2, 0.25) is 11.8 Å². The Morgan fingerprint density at radius 3 is 2.74 bits per heavy atom. The third-order valence-corrected chi connectivity index (χ3v) is 4.07. The lowest BCUT2D eigenvalue weighted by Crippen LogP contribution is -2.47. The predicted octanol–water partition coefficient (Wildman–Crippen LogP) is -0.833. The molecular weight excluding hydrogens is 246 g/mol. The van der Waals surface area contributed by atoms with Crippen LogP contribution in [0.4, 0.5) is 0 Å². The molecule has 0 aliphatic carbocycles. The number of aliphatic hydroxyl groups is 1. The second kappa shape index (κ2) is 5.46. The first kappa shape index (κ1) is 14.3. The summed E-state index contributed by atoms with van der Waals surface area (Å²) in [5.41, 5.74) is 4.63. The molecule has 19 heavy (non-hydrogen) atoms. The van der Waals surface area contributed by atoms with Crippen LogP contribution in [0, 0.1) is 5.92 Å². The van der Waals surface area contributed by atoms with E-state index in [9.17, 15) is 14.7 Å². The molecule has 6 nitrogen and oxygen atoms in total. The zero-order valence-electron chi connectivity index (χ0n) is 11.5. The van der Waals surface area contributed by atoms with E-state index in [1.54, 1.807) is 11.8 Å². The van der Waals surface area contributed by atoms with Gasteiger partial charge in [-0.1, -0.05) is 0 Å². The molecule has 3 N–H and O–H groups in total. The largest absolute Gasteiger partial charge is 0.389 e. The Labute approximate surface area is 113 Å². The second-order valence-corrected chi connectivity index (χ2v) is 6.04. The van der Waals surface area contributed by atoms with Gasteiger partial charge < -0.3 is 15.7 Å². The van der Waals surface area contributed by atoms with Crippen molar-refractivity contribution in [3.63, 3.8) is 0 Å². The number of carbonyl (C=O) groups is 2. The predicted molar refractivity (Wildman–Crippen MR) is 70.2 cm³/mol. The third kappa shape index (κ3) is 3.67. The number of piperidine rings is 1. The molecule has 0 aromatic carbocycles. The fraction of sp³-hybridized carbons (Fsp3) is 0.846. The number of carbonyl (C=O) groups excluding carboxylic acids is 2. The molecule has 2 amide bonds. The van der Waals surface area contributed by atoms with E-state index in [4.69, 9.17) is 5.73 Å². The van der Waals surface area contributed by atoms with E-state index in [0.29, 0.717) is 32.6 Å². The molecule has 0 aromatic rings. The Bertz CT molecular complexity index is 370. The van der Waals surface area contributed by atoms with Gasteiger partial charge in [0.15, 0.2) is 0 Å². The maximum absolute atomic E-state index is 12.2. The maximum atomic E-state index is 12.2. The van der Waals surface area contributed by atoms with Gasteiger partial charge >= 0.3 is 0 Å². The zero-order chi connectivity index (χ0) is 14.0. The van der Waals surface area contributed by atoms with Crippen LogP contribution in [-0.2, 0) is 9.59 Å². The number of hydrogen-bond acceptors (Lipinski definition) is 4. The molecule has 2 saturated heterocycles. The first-order chi connectivity index (χ1) is 8.87. The summed E-state index contributed by atoms with van der Waals surface area (Å²) in [6.07, 6.45) is 2.30. The van der Waals surface area contributed by atoms with Crippen molar-refractivity contribution in [2.75, 3.05) is 32.7 Å². The van der Waals surface area contributed by atoms with Gasteiger partial charge in [-0.15, -0.1) is 0 Å². The van der Waals surface area contributed by atoms with Gasteiger partial charge in [-0.25, -0.2) is 0 Å². The Kier molecular flexibility index (Phi) is 4.10. The van der Waals surface area contributed by atoms with E-state index in [1.165, 1.54) is 0 Å². The molecule has 2 aliphatic heterocycles. The SMILES string of the molecule is CC1(O)CCN(CC(=O)N2CCCC(C(N)=O)C2)C1. The summed E-state index contributed by atoms with van der Waals surface area (Å²) in [4.78, 5) is 27.1. The average Bonchev–Trinajstić information content (AvgIpc) is 2.68. The van der Waals surface area contributed by atoms with Gasteiger partial charge in [-0.2, -0.15) is 0 Å². The molecule has 2 heterocycles. The fourth-order valence-electron chi connectivity index (χ4n) is 2.90. The van der Waals surface area contributed by atoms with Crippen LogP contribution >= 0.6 is 0 Å². The van der Waals surface area contributed by atoms with Crippen molar-refractivity contribution in [1.29, 1.82) is 0 Å². The lowest BCUT2D eigenvalue weighted by molar-refractivity contribution is -0.135. The minimum atomic E-state index is -0.683. The van der Waals surface area contributed by atoms with Crippen LogP contribution < -0.4 is 5.73 Å². The number of amides is 2. The number of likely N-dealkylation sites (tertiary alicyclic amines) is 2. The van der Waals surface area contributed by atoms with Crippen molar-refractivity contribution < 1.29 is 14.7 Å². The van der Waals surface area contributed by atoms with Crippen molar-refractivity contribution >= 4 is 11.8 Å². The molecule has 2 rings (SSSR count). The Morgan fingerprint density at radius 2 is 2.16 bits per heavy atom. The summed E-state index contributed by atoms with van der Waals surface area (Å²) in [6.45, 7) is 4.53. The van der Waals surface area contributed by atoms with Crippen molar-refractivity contribution in [3.05, 3.63) is 0 Å². The molecule has 2 atom stereocenters. The molecule has 2 unspecified atom stereocenters. The molecule has 0 aromatic heterocycles. The van der Waals surface area contributed by atoms with Gasteiger partial charge in [-0.05, 0) is 26.2 Å². The number of nitrogens with zero attached hydrogens (tertiary/aromatic N) is 2. The van der Waals surface area contributed by atoms with Gasteiger partial charge in [0.1, 0.15) is 0 Å². The summed E-state index contributed by atoms with van der Waals surface area (Å²) < 4.78 is 0. The van der Waals surface area contributed by atoms with Gasteiger partial charge in [0, 0.05) is 26.2 Å². The Morgan fingerprint density at radius 1 is 1.42 bits per heavy atom. The average molecular weight is 269 g/mol.